The molecule has 1 nitrogen and oxygen atoms in total. The third-order valence-corrected chi connectivity index (χ3v) is 2.35. The van der Waals surface area contributed by atoms with Crippen LogP contribution in [0.5, 0.6) is 0 Å². The van der Waals surface area contributed by atoms with Gasteiger partial charge in [0.1, 0.15) is 6.10 Å². The van der Waals surface area contributed by atoms with E-state index in [2.05, 4.69) is 24.3 Å². The molecule has 0 radical (unpaired) electrons. The lowest BCUT2D eigenvalue weighted by molar-refractivity contribution is 0.415. The Morgan fingerprint density at radius 1 is 1.42 bits per heavy atom. The minimum atomic E-state index is 0.0965. The predicted octanol–water partition coefficient (Wildman–Crippen LogP) is 3.06. The molecule has 1 aromatic rings. The molecule has 1 fully saturated rings. The van der Waals surface area contributed by atoms with E-state index >= 15 is 0 Å². The van der Waals surface area contributed by atoms with Crippen LogP contribution in [0.3, 0.4) is 0 Å². The zero-order chi connectivity index (χ0) is 8.55. The molecule has 0 aliphatic carbocycles. The van der Waals surface area contributed by atoms with Crippen LogP contribution in [0.25, 0.3) is 0 Å². The molecule has 0 amide bonds. The van der Waals surface area contributed by atoms with Gasteiger partial charge in [-0.3, -0.25) is 0 Å². The highest BCUT2D eigenvalue weighted by Crippen LogP contribution is 2.30. The van der Waals surface area contributed by atoms with Crippen molar-refractivity contribution in [1.29, 1.82) is 0 Å². The summed E-state index contributed by atoms with van der Waals surface area (Å²) in [7, 11) is 0. The van der Waals surface area contributed by atoms with Gasteiger partial charge in [0.2, 0.25) is 0 Å². The summed E-state index contributed by atoms with van der Waals surface area (Å²) in [6, 6.07) is 8.31. The molecule has 2 heteroatoms. The van der Waals surface area contributed by atoms with Crippen LogP contribution in [0.4, 0.5) is 0 Å². The van der Waals surface area contributed by atoms with Crippen LogP contribution in [-0.4, -0.2) is 6.61 Å². The van der Waals surface area contributed by atoms with Crippen molar-refractivity contribution >= 4 is 11.6 Å². The largest absolute Gasteiger partial charge is 0.368 e. The van der Waals surface area contributed by atoms with Gasteiger partial charge in [0, 0.05) is 0 Å². The topological polar surface area (TPSA) is 12.5 Å². The first-order valence-corrected chi connectivity index (χ1v) is 4.56. The Morgan fingerprint density at radius 3 is 2.42 bits per heavy atom. The highest BCUT2D eigenvalue weighted by Gasteiger charge is 2.24. The van der Waals surface area contributed by atoms with Crippen molar-refractivity contribution in [3.05, 3.63) is 35.4 Å². The van der Waals surface area contributed by atoms with Crippen LogP contribution in [0, 0.1) is 0 Å². The van der Waals surface area contributed by atoms with Crippen LogP contribution in [0.15, 0.2) is 24.3 Å². The molecule has 0 bridgehead atoms. The van der Waals surface area contributed by atoms with Gasteiger partial charge in [0.25, 0.3) is 0 Å². The number of rotatable bonds is 2. The van der Waals surface area contributed by atoms with E-state index in [1.807, 2.05) is 6.92 Å². The van der Waals surface area contributed by atoms with Gasteiger partial charge in [-0.1, -0.05) is 24.3 Å². The molecule has 2 unspecified atom stereocenters. The van der Waals surface area contributed by atoms with Crippen LogP contribution in [-0.2, 0) is 4.74 Å². The summed E-state index contributed by atoms with van der Waals surface area (Å²) < 4.78 is 5.16. The smallest absolute Gasteiger partial charge is 0.106 e. The number of epoxide rings is 1. The van der Waals surface area contributed by atoms with Gasteiger partial charge in [-0.05, 0) is 18.1 Å². The Kier molecular flexibility index (Phi) is 2.07. The molecule has 2 atom stereocenters. The lowest BCUT2D eigenvalue weighted by Crippen LogP contribution is -1.85. The first-order valence-electron chi connectivity index (χ1n) is 4.13. The van der Waals surface area contributed by atoms with E-state index in [4.69, 9.17) is 16.3 Å². The van der Waals surface area contributed by atoms with Crippen molar-refractivity contribution in [3.8, 4) is 0 Å². The molecular weight excluding hydrogens is 172 g/mol. The van der Waals surface area contributed by atoms with E-state index < -0.39 is 0 Å². The summed E-state index contributed by atoms with van der Waals surface area (Å²) in [6.07, 6.45) is 0.352. The second-order valence-corrected chi connectivity index (χ2v) is 3.76. The fourth-order valence-electron chi connectivity index (χ4n) is 1.22. The molecule has 12 heavy (non-hydrogen) atoms. The number of hydrogen-bond donors (Lipinski definition) is 0. The lowest BCUT2D eigenvalue weighted by atomic mass is 10.1. The van der Waals surface area contributed by atoms with Crippen molar-refractivity contribution in [3.63, 3.8) is 0 Å². The molecule has 64 valence electrons. The summed E-state index contributed by atoms with van der Waals surface area (Å²) in [5.74, 6) is 0. The third kappa shape index (κ3) is 1.62. The number of halogens is 1. The van der Waals surface area contributed by atoms with Crippen molar-refractivity contribution in [2.75, 3.05) is 6.61 Å². The maximum atomic E-state index is 5.92. The lowest BCUT2D eigenvalue weighted by Gasteiger charge is -2.03. The normalized spacial score (nSPS) is 23.7. The van der Waals surface area contributed by atoms with Gasteiger partial charge in [-0.25, -0.2) is 0 Å². The molecule has 1 aromatic carbocycles. The number of benzene rings is 1. The Labute approximate surface area is 77.3 Å². The summed E-state index contributed by atoms with van der Waals surface area (Å²) in [5.41, 5.74) is 2.43. The quantitative estimate of drug-likeness (QED) is 0.506. The van der Waals surface area contributed by atoms with Crippen LogP contribution in [0.2, 0.25) is 0 Å². The fraction of sp³-hybridized carbons (Fsp3) is 0.400. The van der Waals surface area contributed by atoms with E-state index in [1.165, 1.54) is 11.1 Å². The molecule has 1 heterocycles. The number of ether oxygens (including phenoxy) is 1. The molecule has 1 saturated heterocycles. The zero-order valence-corrected chi connectivity index (χ0v) is 7.71. The van der Waals surface area contributed by atoms with E-state index in [0.717, 1.165) is 6.61 Å². The summed E-state index contributed by atoms with van der Waals surface area (Å²) in [6.45, 7) is 2.85. The fourth-order valence-corrected chi connectivity index (χ4v) is 1.36. The Hall–Kier alpha value is -0.530. The first kappa shape index (κ1) is 8.09. The molecule has 0 saturated carbocycles. The van der Waals surface area contributed by atoms with Crippen molar-refractivity contribution in [2.45, 2.75) is 18.4 Å². The van der Waals surface area contributed by atoms with Crippen molar-refractivity contribution in [2.24, 2.45) is 0 Å². The van der Waals surface area contributed by atoms with E-state index in [1.54, 1.807) is 0 Å². The van der Waals surface area contributed by atoms with Gasteiger partial charge in [-0.15, -0.1) is 11.6 Å². The molecule has 1 aliphatic heterocycles. The predicted molar refractivity (Wildman–Crippen MR) is 49.4 cm³/mol. The Balaban J connectivity index is 2.18. The first-order chi connectivity index (χ1) is 5.77. The standard InChI is InChI=1S/C10H11ClO/c1-7(11)8-2-4-9(5-3-8)10-6-12-10/h2-5,7,10H,6H2,1H3. The number of hydrogen-bond acceptors (Lipinski definition) is 1. The average molecular weight is 183 g/mol. The van der Waals surface area contributed by atoms with E-state index in [9.17, 15) is 0 Å². The minimum Gasteiger partial charge on any atom is -0.368 e. The van der Waals surface area contributed by atoms with Crippen molar-refractivity contribution < 1.29 is 4.74 Å². The summed E-state index contributed by atoms with van der Waals surface area (Å²) >= 11 is 5.92. The van der Waals surface area contributed by atoms with Gasteiger partial charge in [0.15, 0.2) is 0 Å². The Morgan fingerprint density at radius 2 is 2.00 bits per heavy atom. The zero-order valence-electron chi connectivity index (χ0n) is 6.96. The van der Waals surface area contributed by atoms with Crippen LogP contribution >= 0.6 is 11.6 Å². The minimum absolute atomic E-state index is 0.0965. The summed E-state index contributed by atoms with van der Waals surface area (Å²) in [5, 5.41) is 0.0965. The van der Waals surface area contributed by atoms with Gasteiger partial charge in [0.05, 0.1) is 12.0 Å². The third-order valence-electron chi connectivity index (χ3n) is 2.10. The highest BCUT2D eigenvalue weighted by atomic mass is 35.5. The van der Waals surface area contributed by atoms with Crippen molar-refractivity contribution in [1.82, 2.24) is 0 Å². The monoisotopic (exact) mass is 182 g/mol. The highest BCUT2D eigenvalue weighted by molar-refractivity contribution is 6.20. The van der Waals surface area contributed by atoms with Crippen LogP contribution in [0.1, 0.15) is 29.5 Å². The Bertz CT molecular complexity index is 241. The maximum Gasteiger partial charge on any atom is 0.106 e. The number of alkyl halides is 1. The molecule has 2 rings (SSSR count). The molecule has 0 N–H and O–H groups in total. The molecule has 0 aromatic heterocycles. The molecular formula is C10H11ClO. The molecule has 0 spiro atoms. The van der Waals surface area contributed by atoms with Gasteiger partial charge >= 0.3 is 0 Å². The average Bonchev–Trinajstić information content (AvgIpc) is 2.87. The SMILES string of the molecule is CC(Cl)c1ccc(C2CO2)cc1. The van der Waals surface area contributed by atoms with Gasteiger partial charge in [-0.2, -0.15) is 0 Å². The van der Waals surface area contributed by atoms with E-state index in [-0.39, 0.29) is 5.38 Å². The summed E-state index contributed by atoms with van der Waals surface area (Å²) in [4.78, 5) is 0. The van der Waals surface area contributed by atoms with Gasteiger partial charge < -0.3 is 4.74 Å². The second-order valence-electron chi connectivity index (χ2n) is 3.10. The molecule has 1 aliphatic rings. The second kappa shape index (κ2) is 3.08. The maximum absolute atomic E-state index is 5.92. The van der Waals surface area contributed by atoms with E-state index in [0.29, 0.717) is 6.10 Å². The van der Waals surface area contributed by atoms with Crippen LogP contribution < -0.4 is 0 Å².